The second-order valence-corrected chi connectivity index (χ2v) is 7.13. The fraction of sp³-hybridized carbons (Fsp3) is 0.211. The van der Waals surface area contributed by atoms with E-state index in [0.29, 0.717) is 36.4 Å². The van der Waals surface area contributed by atoms with Crippen molar-refractivity contribution in [3.05, 3.63) is 54.2 Å². The normalized spacial score (nSPS) is 14.9. The topological polar surface area (TPSA) is 83.0 Å². The van der Waals surface area contributed by atoms with Crippen LogP contribution in [0.1, 0.15) is 5.56 Å². The molecule has 5 rings (SSSR count). The lowest BCUT2D eigenvalue weighted by atomic mass is 10.2. The van der Waals surface area contributed by atoms with E-state index in [4.69, 9.17) is 18.9 Å². The van der Waals surface area contributed by atoms with Gasteiger partial charge in [0.1, 0.15) is 19.5 Å². The van der Waals surface area contributed by atoms with E-state index in [1.54, 1.807) is 17.3 Å². The highest BCUT2D eigenvalue weighted by Crippen LogP contribution is 2.40. The Morgan fingerprint density at radius 1 is 1.18 bits per heavy atom. The van der Waals surface area contributed by atoms with Crippen LogP contribution in [0, 0.1) is 0 Å². The molecule has 3 aromatic rings. The maximum absolute atomic E-state index is 13.1. The Bertz CT molecular complexity index is 1030. The number of pyridine rings is 1. The van der Waals surface area contributed by atoms with Gasteiger partial charge in [0.2, 0.25) is 12.6 Å². The Kier molecular flexibility index (Phi) is 4.21. The minimum absolute atomic E-state index is 0.156. The van der Waals surface area contributed by atoms with Crippen molar-refractivity contribution in [1.29, 1.82) is 0 Å². The summed E-state index contributed by atoms with van der Waals surface area (Å²) in [5.41, 5.74) is 1.62. The van der Waals surface area contributed by atoms with E-state index in [9.17, 15) is 4.79 Å². The molecule has 0 saturated carbocycles. The lowest BCUT2D eigenvalue weighted by Crippen LogP contribution is -2.33. The number of anilines is 1. The molecule has 2 aliphatic rings. The molecule has 0 radical (unpaired) electrons. The standard InChI is InChI=1S/C19H15N3O5S/c23-18(16-10-24-4-5-25-16)22(9-12-2-1-3-20-8-12)19-21-13-6-14-15(27-11-26-14)7-17(13)28-19/h1-3,6-8,10H,4-5,9,11H2. The average molecular weight is 397 g/mol. The highest BCUT2D eigenvalue weighted by molar-refractivity contribution is 7.22. The number of hydrogen-bond acceptors (Lipinski definition) is 8. The zero-order valence-electron chi connectivity index (χ0n) is 14.7. The number of amides is 1. The number of aromatic nitrogens is 2. The van der Waals surface area contributed by atoms with Crippen molar-refractivity contribution >= 4 is 32.6 Å². The van der Waals surface area contributed by atoms with Gasteiger partial charge in [0, 0.05) is 24.5 Å². The summed E-state index contributed by atoms with van der Waals surface area (Å²) in [6.07, 6.45) is 4.76. The van der Waals surface area contributed by atoms with E-state index in [1.165, 1.54) is 17.6 Å². The Balaban J connectivity index is 1.54. The van der Waals surface area contributed by atoms with Gasteiger partial charge in [-0.25, -0.2) is 4.98 Å². The first-order valence-electron chi connectivity index (χ1n) is 8.63. The quantitative estimate of drug-likeness (QED) is 0.669. The van der Waals surface area contributed by atoms with Crippen molar-refractivity contribution in [2.45, 2.75) is 6.54 Å². The van der Waals surface area contributed by atoms with Crippen LogP contribution in [0.2, 0.25) is 0 Å². The number of rotatable bonds is 4. The van der Waals surface area contributed by atoms with E-state index in [-0.39, 0.29) is 18.5 Å². The van der Waals surface area contributed by atoms with Gasteiger partial charge in [0.15, 0.2) is 16.6 Å². The minimum Gasteiger partial charge on any atom is -0.494 e. The van der Waals surface area contributed by atoms with Gasteiger partial charge < -0.3 is 18.9 Å². The summed E-state index contributed by atoms with van der Waals surface area (Å²) in [5, 5.41) is 0.544. The van der Waals surface area contributed by atoms with Gasteiger partial charge in [-0.15, -0.1) is 0 Å². The molecule has 2 aromatic heterocycles. The molecule has 0 N–H and O–H groups in total. The smallest absolute Gasteiger partial charge is 0.298 e. The molecule has 0 unspecified atom stereocenters. The van der Waals surface area contributed by atoms with Gasteiger partial charge in [-0.3, -0.25) is 14.7 Å². The first kappa shape index (κ1) is 16.8. The summed E-state index contributed by atoms with van der Waals surface area (Å²) in [5.74, 6) is 1.17. The summed E-state index contributed by atoms with van der Waals surface area (Å²) in [6.45, 7) is 1.27. The molecule has 8 nitrogen and oxygen atoms in total. The van der Waals surface area contributed by atoms with Gasteiger partial charge in [0.05, 0.1) is 16.8 Å². The number of ether oxygens (including phenoxy) is 4. The minimum atomic E-state index is -0.317. The van der Waals surface area contributed by atoms with Crippen LogP contribution in [-0.4, -0.2) is 35.9 Å². The number of carbonyl (C=O) groups excluding carboxylic acids is 1. The van der Waals surface area contributed by atoms with Crippen LogP contribution < -0.4 is 14.4 Å². The molecule has 0 bridgehead atoms. The average Bonchev–Trinajstić information content (AvgIpc) is 3.36. The molecular formula is C19H15N3O5S. The second-order valence-electron chi connectivity index (χ2n) is 6.12. The predicted octanol–water partition coefficient (Wildman–Crippen LogP) is 2.84. The van der Waals surface area contributed by atoms with E-state index in [2.05, 4.69) is 9.97 Å². The molecule has 4 heterocycles. The fourth-order valence-corrected chi connectivity index (χ4v) is 3.91. The molecular weight excluding hydrogens is 382 g/mol. The molecule has 1 aromatic carbocycles. The molecule has 0 fully saturated rings. The van der Waals surface area contributed by atoms with Gasteiger partial charge in [-0.1, -0.05) is 17.4 Å². The van der Waals surface area contributed by atoms with Crippen LogP contribution in [-0.2, 0) is 20.8 Å². The molecule has 142 valence electrons. The zero-order valence-corrected chi connectivity index (χ0v) is 15.5. The van der Waals surface area contributed by atoms with Crippen molar-refractivity contribution in [3.8, 4) is 11.5 Å². The Morgan fingerprint density at radius 2 is 2.07 bits per heavy atom. The second kappa shape index (κ2) is 7.01. The SMILES string of the molecule is O=C(C1=COCCO1)N(Cc1cccnc1)c1nc2cc3c(cc2s1)OCO3. The van der Waals surface area contributed by atoms with Crippen LogP contribution in [0.15, 0.2) is 48.7 Å². The largest absolute Gasteiger partial charge is 0.494 e. The highest BCUT2D eigenvalue weighted by Gasteiger charge is 2.27. The Labute approximate surface area is 163 Å². The molecule has 0 atom stereocenters. The van der Waals surface area contributed by atoms with E-state index in [1.807, 2.05) is 24.3 Å². The van der Waals surface area contributed by atoms with E-state index < -0.39 is 0 Å². The lowest BCUT2D eigenvalue weighted by Gasteiger charge is -2.23. The Morgan fingerprint density at radius 3 is 2.86 bits per heavy atom. The predicted molar refractivity (Wildman–Crippen MR) is 101 cm³/mol. The summed E-state index contributed by atoms with van der Waals surface area (Å²) in [4.78, 5) is 23.5. The first-order chi connectivity index (χ1) is 13.8. The monoisotopic (exact) mass is 397 g/mol. The third-order valence-corrected chi connectivity index (χ3v) is 5.31. The zero-order chi connectivity index (χ0) is 18.9. The van der Waals surface area contributed by atoms with Gasteiger partial charge >= 0.3 is 0 Å². The molecule has 0 aliphatic carbocycles. The van der Waals surface area contributed by atoms with E-state index >= 15 is 0 Å². The van der Waals surface area contributed by atoms with Gasteiger partial charge in [-0.05, 0) is 11.6 Å². The molecule has 1 amide bonds. The summed E-state index contributed by atoms with van der Waals surface area (Å²) in [6, 6.07) is 7.44. The number of carbonyl (C=O) groups is 1. The van der Waals surface area contributed by atoms with Gasteiger partial charge in [0.25, 0.3) is 5.91 Å². The highest BCUT2D eigenvalue weighted by atomic mass is 32.1. The van der Waals surface area contributed by atoms with Crippen molar-refractivity contribution in [1.82, 2.24) is 9.97 Å². The summed E-state index contributed by atoms with van der Waals surface area (Å²) >= 11 is 1.40. The van der Waals surface area contributed by atoms with Crippen LogP contribution in [0.5, 0.6) is 11.5 Å². The Hall–Kier alpha value is -3.33. The van der Waals surface area contributed by atoms with Crippen LogP contribution >= 0.6 is 11.3 Å². The maximum Gasteiger partial charge on any atom is 0.298 e. The molecule has 0 spiro atoms. The summed E-state index contributed by atoms with van der Waals surface area (Å²) < 4.78 is 22.5. The molecule has 0 saturated heterocycles. The fourth-order valence-electron chi connectivity index (χ4n) is 2.94. The number of fused-ring (bicyclic) bond motifs is 2. The van der Waals surface area contributed by atoms with Crippen molar-refractivity contribution in [2.24, 2.45) is 0 Å². The molecule has 9 heteroatoms. The van der Waals surface area contributed by atoms with Crippen LogP contribution in [0.25, 0.3) is 10.2 Å². The maximum atomic E-state index is 13.1. The number of thiazole rings is 1. The van der Waals surface area contributed by atoms with Crippen LogP contribution in [0.3, 0.4) is 0 Å². The van der Waals surface area contributed by atoms with Crippen molar-refractivity contribution in [3.63, 3.8) is 0 Å². The number of nitrogens with zero attached hydrogens (tertiary/aromatic N) is 3. The third-order valence-electron chi connectivity index (χ3n) is 4.27. The van der Waals surface area contributed by atoms with Crippen molar-refractivity contribution < 1.29 is 23.7 Å². The van der Waals surface area contributed by atoms with Gasteiger partial charge in [-0.2, -0.15) is 0 Å². The molecule has 28 heavy (non-hydrogen) atoms. The first-order valence-corrected chi connectivity index (χ1v) is 9.45. The third kappa shape index (κ3) is 3.09. The van der Waals surface area contributed by atoms with Crippen LogP contribution in [0.4, 0.5) is 5.13 Å². The van der Waals surface area contributed by atoms with E-state index in [0.717, 1.165) is 15.8 Å². The number of hydrogen-bond donors (Lipinski definition) is 0. The summed E-state index contributed by atoms with van der Waals surface area (Å²) in [7, 11) is 0. The molecule has 2 aliphatic heterocycles. The van der Waals surface area contributed by atoms with Crippen molar-refractivity contribution in [2.75, 3.05) is 24.9 Å². The number of benzene rings is 1. The lowest BCUT2D eigenvalue weighted by molar-refractivity contribution is -0.119.